The topological polar surface area (TPSA) is 24.9 Å². The van der Waals surface area contributed by atoms with E-state index in [4.69, 9.17) is 9.47 Å². The molecule has 0 amide bonds. The number of benzene rings is 3. The maximum atomic E-state index is 5.98. The van der Waals surface area contributed by atoms with Crippen molar-refractivity contribution in [1.29, 1.82) is 0 Å². The second-order valence-corrected chi connectivity index (χ2v) is 7.69. The predicted molar refractivity (Wildman–Crippen MR) is 121 cm³/mol. The van der Waals surface area contributed by atoms with Gasteiger partial charge in [-0.3, -0.25) is 9.80 Å². The molecule has 0 aliphatic carbocycles. The molecule has 1 heterocycles. The average molecular weight is 403 g/mol. The first-order valence-corrected chi connectivity index (χ1v) is 10.8. The number of ether oxygens (including phenoxy) is 2. The van der Waals surface area contributed by atoms with Crippen molar-refractivity contribution in [1.82, 2.24) is 9.80 Å². The molecule has 156 valence electrons. The summed E-state index contributed by atoms with van der Waals surface area (Å²) < 4.78 is 11.5. The Morgan fingerprint density at radius 3 is 1.93 bits per heavy atom. The Balaban J connectivity index is 1.26. The molecular formula is C26H30N2O2. The standard InChI is InChI=1S/C26H30N2O2/c1-2-29-24-13-11-22(12-14-24)20-27-15-17-28(18-16-27)21-23-7-6-10-26(19-23)30-25-8-4-3-5-9-25/h3-14,19H,2,15-18,20-21H2,1H3. The van der Waals surface area contributed by atoms with Gasteiger partial charge in [-0.2, -0.15) is 0 Å². The first-order chi connectivity index (χ1) is 14.8. The molecule has 0 spiro atoms. The van der Waals surface area contributed by atoms with Gasteiger partial charge in [-0.15, -0.1) is 0 Å². The lowest BCUT2D eigenvalue weighted by molar-refractivity contribution is 0.122. The highest BCUT2D eigenvalue weighted by Crippen LogP contribution is 2.23. The molecule has 0 saturated carbocycles. The molecule has 30 heavy (non-hydrogen) atoms. The summed E-state index contributed by atoms with van der Waals surface area (Å²) in [7, 11) is 0. The van der Waals surface area contributed by atoms with E-state index in [1.54, 1.807) is 0 Å². The third kappa shape index (κ3) is 5.85. The highest BCUT2D eigenvalue weighted by Gasteiger charge is 2.17. The molecule has 0 atom stereocenters. The van der Waals surface area contributed by atoms with Crippen molar-refractivity contribution in [3.63, 3.8) is 0 Å². The number of hydrogen-bond acceptors (Lipinski definition) is 4. The maximum Gasteiger partial charge on any atom is 0.127 e. The van der Waals surface area contributed by atoms with Gasteiger partial charge in [0, 0.05) is 39.3 Å². The minimum Gasteiger partial charge on any atom is -0.494 e. The fourth-order valence-electron chi connectivity index (χ4n) is 3.81. The summed E-state index contributed by atoms with van der Waals surface area (Å²) in [5, 5.41) is 0. The fourth-order valence-corrected chi connectivity index (χ4v) is 3.81. The van der Waals surface area contributed by atoms with E-state index in [0.717, 1.165) is 56.5 Å². The second-order valence-electron chi connectivity index (χ2n) is 7.69. The van der Waals surface area contributed by atoms with Crippen LogP contribution < -0.4 is 9.47 Å². The van der Waals surface area contributed by atoms with Gasteiger partial charge in [0.15, 0.2) is 0 Å². The summed E-state index contributed by atoms with van der Waals surface area (Å²) in [6.07, 6.45) is 0. The molecule has 1 aliphatic rings. The largest absolute Gasteiger partial charge is 0.494 e. The zero-order valence-corrected chi connectivity index (χ0v) is 17.7. The monoisotopic (exact) mass is 402 g/mol. The molecule has 0 unspecified atom stereocenters. The van der Waals surface area contributed by atoms with Crippen LogP contribution in [0.25, 0.3) is 0 Å². The summed E-state index contributed by atoms with van der Waals surface area (Å²) in [6, 6.07) is 26.9. The number of piperazine rings is 1. The van der Waals surface area contributed by atoms with Crippen LogP contribution in [0, 0.1) is 0 Å². The molecule has 0 radical (unpaired) electrons. The van der Waals surface area contributed by atoms with Crippen LogP contribution in [-0.2, 0) is 13.1 Å². The van der Waals surface area contributed by atoms with E-state index in [-0.39, 0.29) is 0 Å². The van der Waals surface area contributed by atoms with Crippen LogP contribution in [0.4, 0.5) is 0 Å². The van der Waals surface area contributed by atoms with Crippen molar-refractivity contribution in [2.45, 2.75) is 20.0 Å². The Labute approximate surface area is 179 Å². The molecule has 4 nitrogen and oxygen atoms in total. The van der Waals surface area contributed by atoms with Gasteiger partial charge in [-0.05, 0) is 54.4 Å². The van der Waals surface area contributed by atoms with E-state index in [1.807, 2.05) is 43.3 Å². The minimum atomic E-state index is 0.711. The average Bonchev–Trinajstić information content (AvgIpc) is 2.78. The minimum absolute atomic E-state index is 0.711. The van der Waals surface area contributed by atoms with Crippen molar-refractivity contribution in [3.05, 3.63) is 90.0 Å². The summed E-state index contributed by atoms with van der Waals surface area (Å²) in [6.45, 7) is 9.04. The Morgan fingerprint density at radius 2 is 1.27 bits per heavy atom. The Kier molecular flexibility index (Phi) is 7.01. The number of para-hydroxylation sites is 1. The normalized spacial score (nSPS) is 15.1. The molecule has 0 bridgehead atoms. The molecule has 4 rings (SSSR count). The Morgan fingerprint density at radius 1 is 0.633 bits per heavy atom. The van der Waals surface area contributed by atoms with E-state index in [9.17, 15) is 0 Å². The molecule has 0 N–H and O–H groups in total. The van der Waals surface area contributed by atoms with Crippen LogP contribution in [0.5, 0.6) is 17.2 Å². The fraction of sp³-hybridized carbons (Fsp3) is 0.308. The van der Waals surface area contributed by atoms with Crippen LogP contribution in [0.1, 0.15) is 18.1 Å². The molecule has 4 heteroatoms. The van der Waals surface area contributed by atoms with Crippen molar-refractivity contribution in [2.75, 3.05) is 32.8 Å². The van der Waals surface area contributed by atoms with Gasteiger partial charge in [0.05, 0.1) is 6.61 Å². The van der Waals surface area contributed by atoms with E-state index in [1.165, 1.54) is 11.1 Å². The third-order valence-electron chi connectivity index (χ3n) is 5.39. The van der Waals surface area contributed by atoms with Crippen molar-refractivity contribution in [3.8, 4) is 17.2 Å². The Hall–Kier alpha value is -2.82. The molecule has 3 aromatic rings. The summed E-state index contributed by atoms with van der Waals surface area (Å²) in [5.74, 6) is 2.72. The van der Waals surface area contributed by atoms with Gasteiger partial charge in [0.25, 0.3) is 0 Å². The smallest absolute Gasteiger partial charge is 0.127 e. The lowest BCUT2D eigenvalue weighted by atomic mass is 10.1. The van der Waals surface area contributed by atoms with Gasteiger partial charge in [0.1, 0.15) is 17.2 Å². The predicted octanol–water partition coefficient (Wildman–Crippen LogP) is 5.20. The second kappa shape index (κ2) is 10.3. The summed E-state index contributed by atoms with van der Waals surface area (Å²) in [5.41, 5.74) is 2.64. The van der Waals surface area contributed by atoms with Gasteiger partial charge < -0.3 is 9.47 Å². The summed E-state index contributed by atoms with van der Waals surface area (Å²) >= 11 is 0. The van der Waals surface area contributed by atoms with E-state index in [2.05, 4.69) is 52.3 Å². The van der Waals surface area contributed by atoms with Gasteiger partial charge in [-0.1, -0.05) is 42.5 Å². The van der Waals surface area contributed by atoms with E-state index < -0.39 is 0 Å². The zero-order chi connectivity index (χ0) is 20.6. The molecule has 1 fully saturated rings. The van der Waals surface area contributed by atoms with Crippen LogP contribution in [0.2, 0.25) is 0 Å². The van der Waals surface area contributed by atoms with Crippen LogP contribution in [-0.4, -0.2) is 42.6 Å². The molecular weight excluding hydrogens is 372 g/mol. The highest BCUT2D eigenvalue weighted by molar-refractivity contribution is 5.34. The molecule has 3 aromatic carbocycles. The third-order valence-corrected chi connectivity index (χ3v) is 5.39. The van der Waals surface area contributed by atoms with Crippen LogP contribution >= 0.6 is 0 Å². The zero-order valence-electron chi connectivity index (χ0n) is 17.7. The molecule has 1 saturated heterocycles. The van der Waals surface area contributed by atoms with Crippen LogP contribution in [0.3, 0.4) is 0 Å². The molecule has 1 aliphatic heterocycles. The van der Waals surface area contributed by atoms with Crippen molar-refractivity contribution in [2.24, 2.45) is 0 Å². The number of rotatable bonds is 8. The number of hydrogen-bond donors (Lipinski definition) is 0. The van der Waals surface area contributed by atoms with Crippen molar-refractivity contribution >= 4 is 0 Å². The highest BCUT2D eigenvalue weighted by atomic mass is 16.5. The first kappa shape index (κ1) is 20.5. The van der Waals surface area contributed by atoms with Gasteiger partial charge in [0.2, 0.25) is 0 Å². The lowest BCUT2D eigenvalue weighted by Crippen LogP contribution is -2.45. The van der Waals surface area contributed by atoms with Gasteiger partial charge >= 0.3 is 0 Å². The maximum absolute atomic E-state index is 5.98. The first-order valence-electron chi connectivity index (χ1n) is 10.8. The van der Waals surface area contributed by atoms with E-state index in [0.29, 0.717) is 6.61 Å². The van der Waals surface area contributed by atoms with Gasteiger partial charge in [-0.25, -0.2) is 0 Å². The van der Waals surface area contributed by atoms with Crippen molar-refractivity contribution < 1.29 is 9.47 Å². The molecule has 0 aromatic heterocycles. The van der Waals surface area contributed by atoms with Crippen LogP contribution in [0.15, 0.2) is 78.9 Å². The quantitative estimate of drug-likeness (QED) is 0.517. The summed E-state index contributed by atoms with van der Waals surface area (Å²) in [4.78, 5) is 5.05. The van der Waals surface area contributed by atoms with E-state index >= 15 is 0 Å². The lowest BCUT2D eigenvalue weighted by Gasteiger charge is -2.34. The SMILES string of the molecule is CCOc1ccc(CN2CCN(Cc3cccc(Oc4ccccc4)c3)CC2)cc1. The number of nitrogens with zero attached hydrogens (tertiary/aromatic N) is 2. The Bertz CT molecular complexity index is 904.